The van der Waals surface area contributed by atoms with Crippen LogP contribution in [0.25, 0.3) is 11.1 Å². The number of benzene rings is 1. The topological polar surface area (TPSA) is 51.2 Å². The molecule has 1 heterocycles. The lowest BCUT2D eigenvalue weighted by Gasteiger charge is -2.13. The molecule has 0 amide bonds. The van der Waals surface area contributed by atoms with Gasteiger partial charge in [0.05, 0.1) is 13.7 Å². The molecule has 20 heavy (non-hydrogen) atoms. The minimum Gasteiger partial charge on any atom is -0.468 e. The van der Waals surface area contributed by atoms with E-state index in [9.17, 15) is 4.79 Å². The molecule has 0 radical (unpaired) electrons. The van der Waals surface area contributed by atoms with Crippen molar-refractivity contribution in [3.05, 3.63) is 54.4 Å². The Hall–Kier alpha value is -2.20. The minimum absolute atomic E-state index is 0.0945. The number of aromatic nitrogens is 1. The largest absolute Gasteiger partial charge is 0.468 e. The van der Waals surface area contributed by atoms with Gasteiger partial charge in [-0.1, -0.05) is 30.3 Å². The zero-order valence-corrected chi connectivity index (χ0v) is 11.7. The first-order valence-corrected chi connectivity index (χ1v) is 6.51. The molecule has 0 saturated heterocycles. The molecular weight excluding hydrogens is 252 g/mol. The van der Waals surface area contributed by atoms with Crippen LogP contribution in [0.5, 0.6) is 0 Å². The van der Waals surface area contributed by atoms with Crippen molar-refractivity contribution < 1.29 is 9.53 Å². The molecule has 1 N–H and O–H groups in total. The van der Waals surface area contributed by atoms with Crippen molar-refractivity contribution in [2.24, 2.45) is 0 Å². The number of esters is 1. The normalized spacial score (nSPS) is 11.9. The van der Waals surface area contributed by atoms with E-state index in [1.54, 1.807) is 6.20 Å². The molecule has 0 saturated carbocycles. The fourth-order valence-electron chi connectivity index (χ4n) is 1.92. The predicted molar refractivity (Wildman–Crippen MR) is 78.1 cm³/mol. The lowest BCUT2D eigenvalue weighted by atomic mass is 10.0. The van der Waals surface area contributed by atoms with Gasteiger partial charge in [0.15, 0.2) is 0 Å². The van der Waals surface area contributed by atoms with Gasteiger partial charge in [-0.2, -0.15) is 0 Å². The maximum Gasteiger partial charge on any atom is 0.319 e. The van der Waals surface area contributed by atoms with Gasteiger partial charge in [0.2, 0.25) is 0 Å². The van der Waals surface area contributed by atoms with Gasteiger partial charge in [-0.15, -0.1) is 0 Å². The lowest BCUT2D eigenvalue weighted by Crippen LogP contribution is -2.26. The first-order chi connectivity index (χ1) is 9.70. The molecule has 0 spiro atoms. The van der Waals surface area contributed by atoms with Crippen molar-refractivity contribution in [1.29, 1.82) is 0 Å². The lowest BCUT2D eigenvalue weighted by molar-refractivity contribution is -0.139. The van der Waals surface area contributed by atoms with E-state index in [2.05, 4.69) is 39.3 Å². The van der Waals surface area contributed by atoms with Crippen LogP contribution in [-0.2, 0) is 9.53 Å². The molecule has 4 heteroatoms. The van der Waals surface area contributed by atoms with E-state index in [0.29, 0.717) is 0 Å². The Bertz CT molecular complexity index is 552. The zero-order valence-electron chi connectivity index (χ0n) is 11.7. The first kappa shape index (κ1) is 14.2. The van der Waals surface area contributed by atoms with Crippen LogP contribution in [0.4, 0.5) is 0 Å². The molecule has 2 aromatic rings. The number of nitrogens with zero attached hydrogens (tertiary/aromatic N) is 1. The van der Waals surface area contributed by atoms with Crippen LogP contribution in [-0.4, -0.2) is 24.6 Å². The third-order valence-electron chi connectivity index (χ3n) is 3.19. The van der Waals surface area contributed by atoms with Crippen molar-refractivity contribution in [1.82, 2.24) is 10.3 Å². The summed E-state index contributed by atoms with van der Waals surface area (Å²) in [5, 5.41) is 3.12. The van der Waals surface area contributed by atoms with Crippen molar-refractivity contribution >= 4 is 5.97 Å². The first-order valence-electron chi connectivity index (χ1n) is 6.51. The standard InChI is InChI=1S/C16H18N2O2/c1-12(18-11-16(19)20-2)13-5-7-14(8-6-13)15-4-3-9-17-10-15/h3-10,12,18H,11H2,1-2H3. The smallest absolute Gasteiger partial charge is 0.319 e. The minimum atomic E-state index is -0.260. The molecule has 0 aliphatic rings. The molecule has 0 fully saturated rings. The second kappa shape index (κ2) is 6.82. The van der Waals surface area contributed by atoms with E-state index in [1.807, 2.05) is 25.3 Å². The Morgan fingerprint density at radius 2 is 2.00 bits per heavy atom. The Balaban J connectivity index is 2.03. The van der Waals surface area contributed by atoms with Gasteiger partial charge in [0.1, 0.15) is 0 Å². The molecule has 1 aromatic carbocycles. The van der Waals surface area contributed by atoms with Crippen LogP contribution >= 0.6 is 0 Å². The average Bonchev–Trinajstić information content (AvgIpc) is 2.53. The third-order valence-corrected chi connectivity index (χ3v) is 3.19. The van der Waals surface area contributed by atoms with Crippen LogP contribution < -0.4 is 5.32 Å². The van der Waals surface area contributed by atoms with Crippen molar-refractivity contribution in [3.8, 4) is 11.1 Å². The summed E-state index contributed by atoms with van der Waals surface area (Å²) in [4.78, 5) is 15.2. The SMILES string of the molecule is COC(=O)CNC(C)c1ccc(-c2cccnc2)cc1. The Kier molecular flexibility index (Phi) is 4.85. The molecule has 0 bridgehead atoms. The Morgan fingerprint density at radius 3 is 2.60 bits per heavy atom. The van der Waals surface area contributed by atoms with E-state index in [4.69, 9.17) is 0 Å². The summed E-state index contributed by atoms with van der Waals surface area (Å²) in [5.41, 5.74) is 3.35. The maximum absolute atomic E-state index is 11.1. The number of pyridine rings is 1. The highest BCUT2D eigenvalue weighted by Gasteiger charge is 2.07. The molecule has 104 valence electrons. The number of hydrogen-bond donors (Lipinski definition) is 1. The Labute approximate surface area is 118 Å². The van der Waals surface area contributed by atoms with Gasteiger partial charge < -0.3 is 10.1 Å². The molecule has 0 aliphatic carbocycles. The second-order valence-electron chi connectivity index (χ2n) is 4.54. The molecule has 2 rings (SSSR count). The Morgan fingerprint density at radius 1 is 1.25 bits per heavy atom. The summed E-state index contributed by atoms with van der Waals surface area (Å²) in [6.07, 6.45) is 3.60. The summed E-state index contributed by atoms with van der Waals surface area (Å²) in [6, 6.07) is 12.3. The van der Waals surface area contributed by atoms with Crippen LogP contribution in [0, 0.1) is 0 Å². The average molecular weight is 270 g/mol. The second-order valence-corrected chi connectivity index (χ2v) is 4.54. The van der Waals surface area contributed by atoms with Crippen LogP contribution in [0.3, 0.4) is 0 Å². The molecular formula is C16H18N2O2. The van der Waals surface area contributed by atoms with E-state index < -0.39 is 0 Å². The monoisotopic (exact) mass is 270 g/mol. The number of carbonyl (C=O) groups excluding carboxylic acids is 1. The quantitative estimate of drug-likeness (QED) is 0.848. The summed E-state index contributed by atoms with van der Waals surface area (Å²) in [5.74, 6) is -0.260. The third kappa shape index (κ3) is 3.65. The van der Waals surface area contributed by atoms with Crippen molar-refractivity contribution in [2.75, 3.05) is 13.7 Å². The number of nitrogens with one attached hydrogen (secondary N) is 1. The summed E-state index contributed by atoms with van der Waals surface area (Å²) < 4.78 is 4.61. The molecule has 4 nitrogen and oxygen atoms in total. The highest BCUT2D eigenvalue weighted by atomic mass is 16.5. The zero-order chi connectivity index (χ0) is 14.4. The predicted octanol–water partition coefficient (Wildman–Crippen LogP) is 2.57. The highest BCUT2D eigenvalue weighted by molar-refractivity contribution is 5.71. The summed E-state index contributed by atoms with van der Waals surface area (Å²) in [6.45, 7) is 2.23. The van der Waals surface area contributed by atoms with Crippen molar-refractivity contribution in [2.45, 2.75) is 13.0 Å². The van der Waals surface area contributed by atoms with Gasteiger partial charge in [-0.05, 0) is 29.7 Å². The van der Waals surface area contributed by atoms with Gasteiger partial charge in [0.25, 0.3) is 0 Å². The summed E-state index contributed by atoms with van der Waals surface area (Å²) >= 11 is 0. The number of methoxy groups -OCH3 is 1. The molecule has 1 unspecified atom stereocenters. The number of rotatable bonds is 5. The van der Waals surface area contributed by atoms with Crippen LogP contribution in [0.1, 0.15) is 18.5 Å². The van der Waals surface area contributed by atoms with Gasteiger partial charge in [-0.3, -0.25) is 9.78 Å². The van der Waals surface area contributed by atoms with E-state index >= 15 is 0 Å². The molecule has 1 atom stereocenters. The molecule has 0 aliphatic heterocycles. The van der Waals surface area contributed by atoms with Crippen molar-refractivity contribution in [3.63, 3.8) is 0 Å². The summed E-state index contributed by atoms with van der Waals surface area (Å²) in [7, 11) is 1.39. The van der Waals surface area contributed by atoms with E-state index in [-0.39, 0.29) is 18.6 Å². The van der Waals surface area contributed by atoms with Gasteiger partial charge in [-0.25, -0.2) is 0 Å². The van der Waals surface area contributed by atoms with Crippen LogP contribution in [0.15, 0.2) is 48.8 Å². The highest BCUT2D eigenvalue weighted by Crippen LogP contribution is 2.20. The van der Waals surface area contributed by atoms with E-state index in [0.717, 1.165) is 16.7 Å². The fourth-order valence-corrected chi connectivity index (χ4v) is 1.92. The van der Waals surface area contributed by atoms with Gasteiger partial charge >= 0.3 is 5.97 Å². The fraction of sp³-hybridized carbons (Fsp3) is 0.250. The number of carbonyl (C=O) groups is 1. The van der Waals surface area contributed by atoms with E-state index in [1.165, 1.54) is 7.11 Å². The maximum atomic E-state index is 11.1. The van der Waals surface area contributed by atoms with Crippen LogP contribution in [0.2, 0.25) is 0 Å². The van der Waals surface area contributed by atoms with Gasteiger partial charge in [0, 0.05) is 18.4 Å². The molecule has 1 aromatic heterocycles. The number of ether oxygens (including phenoxy) is 1. The number of hydrogen-bond acceptors (Lipinski definition) is 4.